The van der Waals surface area contributed by atoms with Gasteiger partial charge in [-0.25, -0.2) is 4.98 Å². The van der Waals surface area contributed by atoms with E-state index in [1.807, 2.05) is 4.57 Å². The van der Waals surface area contributed by atoms with Crippen LogP contribution in [0, 0.1) is 0 Å². The first kappa shape index (κ1) is 14.5. The first-order chi connectivity index (χ1) is 9.19. The van der Waals surface area contributed by atoms with E-state index in [-0.39, 0.29) is 0 Å². The van der Waals surface area contributed by atoms with Crippen LogP contribution in [0.25, 0.3) is 0 Å². The Morgan fingerprint density at radius 3 is 3.21 bits per heavy atom. The van der Waals surface area contributed by atoms with Gasteiger partial charge in [-0.1, -0.05) is 6.92 Å². The Kier molecular flexibility index (Phi) is 4.96. The summed E-state index contributed by atoms with van der Waals surface area (Å²) in [5, 5.41) is 14.4. The number of methoxy groups -OCH3 is 1. The van der Waals surface area contributed by atoms with Crippen LogP contribution in [0.5, 0.6) is 0 Å². The second kappa shape index (κ2) is 6.50. The molecule has 0 bridgehead atoms. The molecule has 5 heteroatoms. The quantitative estimate of drug-likeness (QED) is 0.815. The molecule has 2 rings (SSSR count). The average molecular weight is 267 g/mol. The van der Waals surface area contributed by atoms with Gasteiger partial charge in [0.05, 0.1) is 24.8 Å². The molecule has 1 fully saturated rings. The highest BCUT2D eigenvalue weighted by molar-refractivity contribution is 5.13. The largest absolute Gasteiger partial charge is 0.384 e. The Morgan fingerprint density at radius 2 is 2.47 bits per heavy atom. The number of aliphatic hydroxyl groups is 1. The Bertz CT molecular complexity index is 392. The molecule has 108 valence electrons. The lowest BCUT2D eigenvalue weighted by atomic mass is 9.79. The molecule has 1 aromatic rings. The van der Waals surface area contributed by atoms with E-state index in [4.69, 9.17) is 4.74 Å². The number of hydrogen-bond acceptors (Lipinski definition) is 4. The summed E-state index contributed by atoms with van der Waals surface area (Å²) in [5.74, 6) is 0. The van der Waals surface area contributed by atoms with E-state index in [2.05, 4.69) is 17.2 Å². The van der Waals surface area contributed by atoms with Gasteiger partial charge in [0.2, 0.25) is 0 Å². The summed E-state index contributed by atoms with van der Waals surface area (Å²) in [5.41, 5.74) is 0.169. The predicted octanol–water partition coefficient (Wildman–Crippen LogP) is 1.27. The highest BCUT2D eigenvalue weighted by Gasteiger charge is 2.37. The van der Waals surface area contributed by atoms with Crippen molar-refractivity contribution >= 4 is 0 Å². The lowest BCUT2D eigenvalue weighted by Crippen LogP contribution is -2.43. The van der Waals surface area contributed by atoms with Crippen LogP contribution in [-0.4, -0.2) is 41.0 Å². The van der Waals surface area contributed by atoms with Crippen molar-refractivity contribution in [3.05, 3.63) is 18.2 Å². The van der Waals surface area contributed by atoms with E-state index in [0.29, 0.717) is 12.6 Å². The van der Waals surface area contributed by atoms with Gasteiger partial charge in [-0.3, -0.25) is 0 Å². The molecule has 0 spiro atoms. The molecule has 2 N–H and O–H groups in total. The van der Waals surface area contributed by atoms with Crippen LogP contribution in [0.3, 0.4) is 0 Å². The third-order valence-electron chi connectivity index (χ3n) is 3.95. The van der Waals surface area contributed by atoms with Crippen molar-refractivity contribution in [1.29, 1.82) is 0 Å². The third kappa shape index (κ3) is 3.35. The van der Waals surface area contributed by atoms with Gasteiger partial charge >= 0.3 is 0 Å². The van der Waals surface area contributed by atoms with E-state index in [1.165, 1.54) is 0 Å². The van der Waals surface area contributed by atoms with Crippen molar-refractivity contribution in [2.45, 2.75) is 50.8 Å². The smallest absolute Gasteiger partial charge is 0.108 e. The average Bonchev–Trinajstić information content (AvgIpc) is 2.86. The predicted molar refractivity (Wildman–Crippen MR) is 73.9 cm³/mol. The zero-order valence-corrected chi connectivity index (χ0v) is 11.9. The number of aromatic nitrogens is 2. The first-order valence-corrected chi connectivity index (χ1v) is 7.15. The van der Waals surface area contributed by atoms with Crippen LogP contribution in [0.2, 0.25) is 0 Å². The molecular formula is C14H25N3O2. The fraction of sp³-hybridized carbons (Fsp3) is 0.786. The normalized spacial score (nSPS) is 27.6. The lowest BCUT2D eigenvalue weighted by Gasteiger charge is -2.37. The number of nitrogens with one attached hydrogen (secondary N) is 1. The maximum atomic E-state index is 11.0. The Morgan fingerprint density at radius 1 is 1.63 bits per heavy atom. The van der Waals surface area contributed by atoms with Crippen molar-refractivity contribution < 1.29 is 9.84 Å². The molecule has 1 aliphatic rings. The van der Waals surface area contributed by atoms with E-state index in [0.717, 1.165) is 44.5 Å². The van der Waals surface area contributed by atoms with Crippen LogP contribution in [0.4, 0.5) is 0 Å². The zero-order chi connectivity index (χ0) is 13.7. The highest BCUT2D eigenvalue weighted by atomic mass is 16.5. The minimum atomic E-state index is -0.755. The van der Waals surface area contributed by atoms with Crippen LogP contribution >= 0.6 is 0 Å². The molecule has 0 saturated heterocycles. The fourth-order valence-corrected chi connectivity index (χ4v) is 3.02. The van der Waals surface area contributed by atoms with Crippen molar-refractivity contribution in [1.82, 2.24) is 14.9 Å². The summed E-state index contributed by atoms with van der Waals surface area (Å²) < 4.78 is 7.12. The second-order valence-corrected chi connectivity index (χ2v) is 5.35. The van der Waals surface area contributed by atoms with Gasteiger partial charge < -0.3 is 19.7 Å². The third-order valence-corrected chi connectivity index (χ3v) is 3.95. The number of ether oxygens (including phenoxy) is 1. The molecule has 1 aromatic heterocycles. The summed E-state index contributed by atoms with van der Waals surface area (Å²) in [6.07, 6.45) is 7.34. The molecule has 5 nitrogen and oxygen atoms in total. The maximum absolute atomic E-state index is 11.0. The Hall–Kier alpha value is -0.910. The Balaban J connectivity index is 2.12. The van der Waals surface area contributed by atoms with Crippen molar-refractivity contribution in [2.75, 3.05) is 20.3 Å². The minimum absolute atomic E-state index is 0.398. The van der Waals surface area contributed by atoms with Gasteiger partial charge in [0.1, 0.15) is 5.60 Å². The molecule has 2 unspecified atom stereocenters. The van der Waals surface area contributed by atoms with Gasteiger partial charge in [-0.2, -0.15) is 0 Å². The summed E-state index contributed by atoms with van der Waals surface area (Å²) in [6, 6.07) is 0.398. The number of nitrogens with zero attached hydrogens (tertiary/aromatic N) is 2. The fourth-order valence-electron chi connectivity index (χ4n) is 3.02. The summed E-state index contributed by atoms with van der Waals surface area (Å²) >= 11 is 0. The van der Waals surface area contributed by atoms with Gasteiger partial charge in [0.15, 0.2) is 0 Å². The SMILES string of the molecule is CCNC1CCCC(O)(c2cncn2CCOC)C1. The van der Waals surface area contributed by atoms with E-state index < -0.39 is 5.60 Å². The molecule has 0 aromatic carbocycles. The van der Waals surface area contributed by atoms with E-state index in [9.17, 15) is 5.11 Å². The molecule has 0 aliphatic heterocycles. The van der Waals surface area contributed by atoms with E-state index >= 15 is 0 Å². The van der Waals surface area contributed by atoms with Crippen molar-refractivity contribution in [2.24, 2.45) is 0 Å². The molecule has 2 atom stereocenters. The van der Waals surface area contributed by atoms with Gasteiger partial charge in [0, 0.05) is 19.7 Å². The summed E-state index contributed by atoms with van der Waals surface area (Å²) in [7, 11) is 1.69. The number of hydrogen-bond donors (Lipinski definition) is 2. The molecular weight excluding hydrogens is 242 g/mol. The molecule has 0 amide bonds. The second-order valence-electron chi connectivity index (χ2n) is 5.35. The van der Waals surface area contributed by atoms with Gasteiger partial charge in [-0.15, -0.1) is 0 Å². The topological polar surface area (TPSA) is 59.3 Å². The maximum Gasteiger partial charge on any atom is 0.108 e. The standard InChI is InChI=1S/C14H25N3O2/c1-3-16-12-5-4-6-14(18,9-12)13-10-15-11-17(13)7-8-19-2/h10-12,16,18H,3-9H2,1-2H3. The first-order valence-electron chi connectivity index (χ1n) is 7.15. The monoisotopic (exact) mass is 267 g/mol. The summed E-state index contributed by atoms with van der Waals surface area (Å²) in [6.45, 7) is 4.43. The van der Waals surface area contributed by atoms with Crippen LogP contribution < -0.4 is 5.32 Å². The van der Waals surface area contributed by atoms with Crippen molar-refractivity contribution in [3.8, 4) is 0 Å². The van der Waals surface area contributed by atoms with Crippen LogP contribution in [0.15, 0.2) is 12.5 Å². The lowest BCUT2D eigenvalue weighted by molar-refractivity contribution is -0.0194. The molecule has 1 aliphatic carbocycles. The number of rotatable bonds is 6. The summed E-state index contributed by atoms with van der Waals surface area (Å²) in [4.78, 5) is 4.19. The molecule has 1 heterocycles. The Labute approximate surface area is 115 Å². The molecule has 0 radical (unpaired) electrons. The minimum Gasteiger partial charge on any atom is -0.384 e. The van der Waals surface area contributed by atoms with Crippen LogP contribution in [0.1, 0.15) is 38.3 Å². The highest BCUT2D eigenvalue weighted by Crippen LogP contribution is 2.36. The molecule has 1 saturated carbocycles. The molecule has 19 heavy (non-hydrogen) atoms. The van der Waals surface area contributed by atoms with Crippen molar-refractivity contribution in [3.63, 3.8) is 0 Å². The van der Waals surface area contributed by atoms with Crippen LogP contribution in [-0.2, 0) is 16.9 Å². The van der Waals surface area contributed by atoms with Gasteiger partial charge in [-0.05, 0) is 32.2 Å². The van der Waals surface area contributed by atoms with Gasteiger partial charge in [0.25, 0.3) is 0 Å². The van der Waals surface area contributed by atoms with E-state index in [1.54, 1.807) is 19.6 Å². The number of imidazole rings is 1. The zero-order valence-electron chi connectivity index (χ0n) is 11.9.